The van der Waals surface area contributed by atoms with Crippen LogP contribution in [0, 0.1) is 6.92 Å². The quantitative estimate of drug-likeness (QED) is 0.721. The van der Waals surface area contributed by atoms with Gasteiger partial charge in [-0.1, -0.05) is 17.3 Å². The third-order valence-electron chi connectivity index (χ3n) is 3.50. The molecule has 3 aromatic rings. The normalized spacial score (nSPS) is 12.2. The van der Waals surface area contributed by atoms with Crippen LogP contribution in [0.4, 0.5) is 14.6 Å². The van der Waals surface area contributed by atoms with E-state index >= 15 is 0 Å². The number of alkyl halides is 2. The van der Waals surface area contributed by atoms with Crippen molar-refractivity contribution in [2.75, 3.05) is 5.32 Å². The number of rotatable bonds is 6. The molecule has 0 saturated carbocycles. The monoisotopic (exact) mass is 346 g/mol. The summed E-state index contributed by atoms with van der Waals surface area (Å²) in [6.07, 6.45) is 1.64. The van der Waals surface area contributed by atoms with Gasteiger partial charge in [0, 0.05) is 6.20 Å². The molecular formula is C17H16F2N4O2. The third-order valence-corrected chi connectivity index (χ3v) is 3.50. The van der Waals surface area contributed by atoms with Crippen LogP contribution in [0.25, 0.3) is 11.5 Å². The molecule has 0 radical (unpaired) electrons. The molecule has 1 atom stereocenters. The minimum atomic E-state index is -2.86. The number of hydrogen-bond donors (Lipinski definition) is 1. The molecule has 1 N–H and O–H groups in total. The molecule has 2 heterocycles. The molecule has 0 fully saturated rings. The van der Waals surface area contributed by atoms with Gasteiger partial charge in [-0.15, -0.1) is 0 Å². The number of pyridine rings is 1. The third kappa shape index (κ3) is 4.09. The lowest BCUT2D eigenvalue weighted by atomic mass is 10.1. The number of hydrogen-bond acceptors (Lipinski definition) is 6. The molecule has 1 aromatic carbocycles. The predicted octanol–water partition coefficient (Wildman–Crippen LogP) is 4.21. The highest BCUT2D eigenvalue weighted by Gasteiger charge is 2.15. The number of benzene rings is 1. The van der Waals surface area contributed by atoms with Crippen LogP contribution in [-0.4, -0.2) is 21.7 Å². The van der Waals surface area contributed by atoms with Gasteiger partial charge in [-0.25, -0.2) is 4.98 Å². The van der Waals surface area contributed by atoms with E-state index in [1.165, 1.54) is 6.07 Å². The van der Waals surface area contributed by atoms with E-state index in [9.17, 15) is 8.78 Å². The van der Waals surface area contributed by atoms with Gasteiger partial charge in [-0.05, 0) is 43.7 Å². The first-order valence-corrected chi connectivity index (χ1v) is 7.60. The molecular weight excluding hydrogens is 330 g/mol. The van der Waals surface area contributed by atoms with E-state index in [4.69, 9.17) is 4.52 Å². The molecule has 0 bridgehead atoms. The summed E-state index contributed by atoms with van der Waals surface area (Å²) < 4.78 is 34.4. The summed E-state index contributed by atoms with van der Waals surface area (Å²) in [5, 5.41) is 7.01. The summed E-state index contributed by atoms with van der Waals surface area (Å²) >= 11 is 0. The van der Waals surface area contributed by atoms with Gasteiger partial charge in [0.15, 0.2) is 5.82 Å². The van der Waals surface area contributed by atoms with E-state index in [1.54, 1.807) is 31.3 Å². The minimum absolute atomic E-state index is 0.106. The van der Waals surface area contributed by atoms with Crippen LogP contribution in [0.3, 0.4) is 0 Å². The van der Waals surface area contributed by atoms with Crippen molar-refractivity contribution >= 4 is 5.82 Å². The number of anilines is 1. The Hall–Kier alpha value is -3.03. The van der Waals surface area contributed by atoms with Gasteiger partial charge >= 0.3 is 6.61 Å². The average Bonchev–Trinajstić information content (AvgIpc) is 3.01. The van der Waals surface area contributed by atoms with Crippen LogP contribution < -0.4 is 10.1 Å². The van der Waals surface area contributed by atoms with Gasteiger partial charge < -0.3 is 14.6 Å². The van der Waals surface area contributed by atoms with Gasteiger partial charge in [-0.2, -0.15) is 13.8 Å². The maximum absolute atomic E-state index is 12.4. The summed E-state index contributed by atoms with van der Waals surface area (Å²) in [6, 6.07) is 9.88. The zero-order chi connectivity index (χ0) is 17.8. The number of aromatic nitrogens is 3. The number of aryl methyl sites for hydroxylation is 1. The molecule has 1 unspecified atom stereocenters. The second-order valence-corrected chi connectivity index (χ2v) is 5.36. The van der Waals surface area contributed by atoms with Gasteiger partial charge in [0.1, 0.15) is 11.6 Å². The second kappa shape index (κ2) is 7.25. The molecule has 0 aliphatic carbocycles. The van der Waals surface area contributed by atoms with Crippen LogP contribution in [-0.2, 0) is 0 Å². The molecule has 25 heavy (non-hydrogen) atoms. The molecule has 6 nitrogen and oxygen atoms in total. The van der Waals surface area contributed by atoms with Crippen molar-refractivity contribution in [1.82, 2.24) is 15.1 Å². The van der Waals surface area contributed by atoms with Gasteiger partial charge in [0.25, 0.3) is 5.89 Å². The Kier molecular flexibility index (Phi) is 4.87. The maximum atomic E-state index is 12.4. The highest BCUT2D eigenvalue weighted by Crippen LogP contribution is 2.28. The summed E-state index contributed by atoms with van der Waals surface area (Å²) in [5.41, 5.74) is 1.44. The molecule has 0 saturated heterocycles. The zero-order valence-corrected chi connectivity index (χ0v) is 13.6. The first-order valence-electron chi connectivity index (χ1n) is 7.60. The van der Waals surface area contributed by atoms with Crippen molar-refractivity contribution < 1.29 is 18.0 Å². The Labute approximate surface area is 142 Å². The summed E-state index contributed by atoms with van der Waals surface area (Å²) in [6.45, 7) is 0.758. The fourth-order valence-corrected chi connectivity index (χ4v) is 2.35. The van der Waals surface area contributed by atoms with Crippen LogP contribution >= 0.6 is 0 Å². The Morgan fingerprint density at radius 3 is 2.76 bits per heavy atom. The van der Waals surface area contributed by atoms with Crippen molar-refractivity contribution in [2.45, 2.75) is 26.5 Å². The SMILES string of the molecule is Cc1noc(-c2cccnc2NC(C)c2cccc(OC(F)F)c2)n1. The zero-order valence-electron chi connectivity index (χ0n) is 13.6. The highest BCUT2D eigenvalue weighted by atomic mass is 19.3. The summed E-state index contributed by atoms with van der Waals surface area (Å²) in [5.74, 6) is 1.54. The van der Waals surface area contributed by atoms with E-state index in [1.807, 2.05) is 19.1 Å². The standard InChI is InChI=1S/C17H16F2N4O2/c1-10(12-5-3-6-13(9-12)24-17(18)19)21-15-14(7-4-8-20-15)16-22-11(2)23-25-16/h3-10,17H,1-2H3,(H,20,21). The van der Waals surface area contributed by atoms with Crippen molar-refractivity contribution in [3.63, 3.8) is 0 Å². The van der Waals surface area contributed by atoms with Crippen LogP contribution in [0.15, 0.2) is 47.1 Å². The lowest BCUT2D eigenvalue weighted by Crippen LogP contribution is -2.10. The largest absolute Gasteiger partial charge is 0.435 e. The minimum Gasteiger partial charge on any atom is -0.435 e. The van der Waals surface area contributed by atoms with Crippen LogP contribution in [0.5, 0.6) is 5.75 Å². The van der Waals surface area contributed by atoms with E-state index in [0.717, 1.165) is 5.56 Å². The second-order valence-electron chi connectivity index (χ2n) is 5.36. The lowest BCUT2D eigenvalue weighted by molar-refractivity contribution is -0.0498. The van der Waals surface area contributed by atoms with Crippen LogP contribution in [0.2, 0.25) is 0 Å². The molecule has 0 aliphatic heterocycles. The fourth-order valence-electron chi connectivity index (χ4n) is 2.35. The van der Waals surface area contributed by atoms with Crippen molar-refractivity contribution in [1.29, 1.82) is 0 Å². The molecule has 0 aliphatic rings. The topological polar surface area (TPSA) is 73.1 Å². The highest BCUT2D eigenvalue weighted by molar-refractivity contribution is 5.69. The Bertz CT molecular complexity index is 854. The van der Waals surface area contributed by atoms with Gasteiger partial charge in [0.2, 0.25) is 0 Å². The van der Waals surface area contributed by atoms with Gasteiger partial charge in [-0.3, -0.25) is 0 Å². The van der Waals surface area contributed by atoms with Crippen molar-refractivity contribution in [2.24, 2.45) is 0 Å². The van der Waals surface area contributed by atoms with Crippen molar-refractivity contribution in [3.05, 3.63) is 54.0 Å². The summed E-state index contributed by atoms with van der Waals surface area (Å²) in [4.78, 5) is 8.52. The molecule has 0 spiro atoms. The Morgan fingerprint density at radius 1 is 1.20 bits per heavy atom. The molecule has 3 rings (SSSR count). The average molecular weight is 346 g/mol. The lowest BCUT2D eigenvalue weighted by Gasteiger charge is -2.17. The number of nitrogens with zero attached hydrogens (tertiary/aromatic N) is 3. The number of ether oxygens (including phenoxy) is 1. The fraction of sp³-hybridized carbons (Fsp3) is 0.235. The first kappa shape index (κ1) is 16.8. The predicted molar refractivity (Wildman–Crippen MR) is 87.4 cm³/mol. The van der Waals surface area contributed by atoms with E-state index < -0.39 is 6.61 Å². The van der Waals surface area contributed by atoms with E-state index in [0.29, 0.717) is 23.1 Å². The van der Waals surface area contributed by atoms with Crippen LogP contribution in [0.1, 0.15) is 24.4 Å². The smallest absolute Gasteiger partial charge is 0.387 e. The van der Waals surface area contributed by atoms with E-state index in [-0.39, 0.29) is 11.8 Å². The van der Waals surface area contributed by atoms with Gasteiger partial charge in [0.05, 0.1) is 11.6 Å². The Balaban J connectivity index is 1.83. The first-order chi connectivity index (χ1) is 12.0. The molecule has 2 aromatic heterocycles. The maximum Gasteiger partial charge on any atom is 0.387 e. The van der Waals surface area contributed by atoms with Crippen molar-refractivity contribution in [3.8, 4) is 17.2 Å². The van der Waals surface area contributed by atoms with E-state index in [2.05, 4.69) is 25.2 Å². The number of halogens is 2. The molecule has 0 amide bonds. The molecule has 8 heteroatoms. The molecule has 130 valence electrons. The summed E-state index contributed by atoms with van der Waals surface area (Å²) in [7, 11) is 0. The number of nitrogens with one attached hydrogen (secondary N) is 1. The Morgan fingerprint density at radius 2 is 2.04 bits per heavy atom.